The van der Waals surface area contributed by atoms with Gasteiger partial charge in [-0.2, -0.15) is 5.26 Å². The molecule has 0 fully saturated rings. The summed E-state index contributed by atoms with van der Waals surface area (Å²) in [4.78, 5) is 24.3. The first-order chi connectivity index (χ1) is 11.1. The molecule has 6 heteroatoms. The fourth-order valence-electron chi connectivity index (χ4n) is 2.56. The number of para-hydroxylation sites is 1. The van der Waals surface area contributed by atoms with Crippen molar-refractivity contribution in [3.63, 3.8) is 0 Å². The molecular weight excluding hydrogens is 314 g/mol. The van der Waals surface area contributed by atoms with E-state index in [0.29, 0.717) is 16.4 Å². The van der Waals surface area contributed by atoms with Crippen molar-refractivity contribution in [1.29, 1.82) is 5.26 Å². The number of nitrogens with zero attached hydrogens (tertiary/aromatic N) is 1. The molecule has 2 aromatic rings. The third kappa shape index (κ3) is 3.03. The standard InChI is InChI=1S/C17H12ClN3O2/c18-14-6-5-11(7-10(14)9-19)20-17(23)13-8-16(22)21-15-4-2-1-3-12(13)15/h1-7,13H,8H2,(H,20,23)(H,21,22). The van der Waals surface area contributed by atoms with Gasteiger partial charge in [0.25, 0.3) is 0 Å². The number of fused-ring (bicyclic) bond motifs is 1. The summed E-state index contributed by atoms with van der Waals surface area (Å²) in [7, 11) is 0. The third-order valence-corrected chi connectivity index (χ3v) is 4.00. The number of benzene rings is 2. The van der Waals surface area contributed by atoms with Crippen molar-refractivity contribution in [2.24, 2.45) is 0 Å². The average molecular weight is 326 g/mol. The number of hydrogen-bond donors (Lipinski definition) is 2. The number of nitriles is 1. The molecule has 0 saturated carbocycles. The molecule has 1 aliphatic rings. The third-order valence-electron chi connectivity index (χ3n) is 3.67. The quantitative estimate of drug-likeness (QED) is 0.889. The molecule has 1 heterocycles. The highest BCUT2D eigenvalue weighted by molar-refractivity contribution is 6.31. The van der Waals surface area contributed by atoms with Gasteiger partial charge < -0.3 is 10.6 Å². The van der Waals surface area contributed by atoms with Crippen LogP contribution in [-0.2, 0) is 9.59 Å². The number of carbonyl (C=O) groups excluding carboxylic acids is 2. The summed E-state index contributed by atoms with van der Waals surface area (Å²) in [5.74, 6) is -1.06. The zero-order chi connectivity index (χ0) is 16.4. The van der Waals surface area contributed by atoms with Gasteiger partial charge in [-0.05, 0) is 29.8 Å². The topological polar surface area (TPSA) is 82.0 Å². The highest BCUT2D eigenvalue weighted by Crippen LogP contribution is 2.33. The SMILES string of the molecule is N#Cc1cc(NC(=O)C2CC(=O)Nc3ccccc32)ccc1Cl. The highest BCUT2D eigenvalue weighted by Gasteiger charge is 2.30. The highest BCUT2D eigenvalue weighted by atomic mass is 35.5. The molecule has 23 heavy (non-hydrogen) atoms. The Bertz CT molecular complexity index is 842. The lowest BCUT2D eigenvalue weighted by molar-refractivity contribution is -0.123. The summed E-state index contributed by atoms with van der Waals surface area (Å²) >= 11 is 5.88. The number of anilines is 2. The first kappa shape index (κ1) is 15.1. The van der Waals surface area contributed by atoms with Gasteiger partial charge in [0.15, 0.2) is 0 Å². The van der Waals surface area contributed by atoms with Gasteiger partial charge in [0.2, 0.25) is 11.8 Å². The fraction of sp³-hybridized carbons (Fsp3) is 0.118. The lowest BCUT2D eigenvalue weighted by Gasteiger charge is -2.24. The second kappa shape index (κ2) is 6.11. The normalized spacial score (nSPS) is 16.0. The van der Waals surface area contributed by atoms with E-state index in [0.717, 1.165) is 5.56 Å². The Balaban J connectivity index is 1.87. The Kier molecular flexibility index (Phi) is 4.00. The molecule has 5 nitrogen and oxygen atoms in total. The van der Waals surface area contributed by atoms with E-state index in [9.17, 15) is 9.59 Å². The molecule has 2 N–H and O–H groups in total. The summed E-state index contributed by atoms with van der Waals surface area (Å²) in [6.07, 6.45) is 0.0849. The Morgan fingerprint density at radius 1 is 1.30 bits per heavy atom. The summed E-state index contributed by atoms with van der Waals surface area (Å²) < 4.78 is 0. The minimum absolute atomic E-state index is 0.0849. The summed E-state index contributed by atoms with van der Waals surface area (Å²) in [5.41, 5.74) is 2.18. The van der Waals surface area contributed by atoms with E-state index in [1.807, 2.05) is 18.2 Å². The molecule has 0 bridgehead atoms. The molecule has 3 rings (SSSR count). The Morgan fingerprint density at radius 2 is 2.09 bits per heavy atom. The van der Waals surface area contributed by atoms with Crippen molar-refractivity contribution < 1.29 is 9.59 Å². The van der Waals surface area contributed by atoms with E-state index in [1.165, 1.54) is 6.07 Å². The average Bonchev–Trinajstić information content (AvgIpc) is 2.55. The van der Waals surface area contributed by atoms with Crippen LogP contribution in [-0.4, -0.2) is 11.8 Å². The van der Waals surface area contributed by atoms with Crippen LogP contribution >= 0.6 is 11.6 Å². The molecule has 1 unspecified atom stereocenters. The van der Waals surface area contributed by atoms with E-state index < -0.39 is 5.92 Å². The largest absolute Gasteiger partial charge is 0.326 e. The van der Waals surface area contributed by atoms with Crippen LogP contribution in [0.4, 0.5) is 11.4 Å². The first-order valence-electron chi connectivity index (χ1n) is 6.98. The van der Waals surface area contributed by atoms with Gasteiger partial charge in [-0.25, -0.2) is 0 Å². The molecule has 0 aliphatic carbocycles. The van der Waals surface area contributed by atoms with Crippen LogP contribution in [0.25, 0.3) is 0 Å². The summed E-state index contributed by atoms with van der Waals surface area (Å²) in [6.45, 7) is 0. The van der Waals surface area contributed by atoms with Crippen LogP contribution in [0, 0.1) is 11.3 Å². The molecule has 2 aromatic carbocycles. The fourth-order valence-corrected chi connectivity index (χ4v) is 2.72. The van der Waals surface area contributed by atoms with Crippen LogP contribution < -0.4 is 10.6 Å². The molecule has 114 valence electrons. The van der Waals surface area contributed by atoms with Gasteiger partial charge >= 0.3 is 0 Å². The van der Waals surface area contributed by atoms with Gasteiger partial charge in [-0.15, -0.1) is 0 Å². The molecule has 1 atom stereocenters. The monoisotopic (exact) mass is 325 g/mol. The van der Waals surface area contributed by atoms with Crippen molar-refractivity contribution in [2.75, 3.05) is 10.6 Å². The zero-order valence-corrected chi connectivity index (χ0v) is 12.7. The Labute approximate surface area is 137 Å². The minimum atomic E-state index is -0.568. The Morgan fingerprint density at radius 3 is 2.87 bits per heavy atom. The first-order valence-corrected chi connectivity index (χ1v) is 7.35. The maximum atomic E-state index is 12.6. The summed E-state index contributed by atoms with van der Waals surface area (Å²) in [6, 6.07) is 13.9. The number of halogens is 1. The van der Waals surface area contributed by atoms with E-state index in [4.69, 9.17) is 16.9 Å². The second-order valence-electron chi connectivity index (χ2n) is 5.19. The lowest BCUT2D eigenvalue weighted by atomic mass is 9.90. The Hall–Kier alpha value is -2.84. The zero-order valence-electron chi connectivity index (χ0n) is 12.0. The van der Waals surface area contributed by atoms with E-state index in [-0.39, 0.29) is 23.8 Å². The van der Waals surface area contributed by atoms with Gasteiger partial charge in [0.05, 0.1) is 16.5 Å². The van der Waals surface area contributed by atoms with Crippen molar-refractivity contribution in [2.45, 2.75) is 12.3 Å². The molecule has 0 saturated heterocycles. The van der Waals surface area contributed by atoms with Gasteiger partial charge in [-0.1, -0.05) is 29.8 Å². The molecule has 0 spiro atoms. The molecule has 0 aromatic heterocycles. The van der Waals surface area contributed by atoms with E-state index in [1.54, 1.807) is 24.3 Å². The maximum absolute atomic E-state index is 12.6. The molecular formula is C17H12ClN3O2. The number of rotatable bonds is 2. The van der Waals surface area contributed by atoms with E-state index in [2.05, 4.69) is 10.6 Å². The van der Waals surface area contributed by atoms with Crippen LogP contribution in [0.1, 0.15) is 23.5 Å². The van der Waals surface area contributed by atoms with Crippen LogP contribution in [0.5, 0.6) is 0 Å². The smallest absolute Gasteiger partial charge is 0.232 e. The van der Waals surface area contributed by atoms with Gasteiger partial charge in [-0.3, -0.25) is 9.59 Å². The number of amides is 2. The van der Waals surface area contributed by atoms with Crippen molar-refractivity contribution >= 4 is 34.8 Å². The van der Waals surface area contributed by atoms with Crippen molar-refractivity contribution in [1.82, 2.24) is 0 Å². The van der Waals surface area contributed by atoms with Crippen molar-refractivity contribution in [3.8, 4) is 6.07 Å². The summed E-state index contributed by atoms with van der Waals surface area (Å²) in [5, 5.41) is 14.8. The second-order valence-corrected chi connectivity index (χ2v) is 5.60. The van der Waals surface area contributed by atoms with Crippen LogP contribution in [0.2, 0.25) is 5.02 Å². The van der Waals surface area contributed by atoms with Crippen LogP contribution in [0.15, 0.2) is 42.5 Å². The number of carbonyl (C=O) groups is 2. The maximum Gasteiger partial charge on any atom is 0.232 e. The number of hydrogen-bond acceptors (Lipinski definition) is 3. The predicted molar refractivity (Wildman–Crippen MR) is 87.2 cm³/mol. The predicted octanol–water partition coefficient (Wildman–Crippen LogP) is 3.28. The molecule has 2 amide bonds. The van der Waals surface area contributed by atoms with E-state index >= 15 is 0 Å². The lowest BCUT2D eigenvalue weighted by Crippen LogP contribution is -2.30. The molecule has 0 radical (unpaired) electrons. The van der Waals surface area contributed by atoms with Gasteiger partial charge in [0.1, 0.15) is 6.07 Å². The number of nitrogens with one attached hydrogen (secondary N) is 2. The van der Waals surface area contributed by atoms with Gasteiger partial charge in [0, 0.05) is 17.8 Å². The minimum Gasteiger partial charge on any atom is -0.326 e. The van der Waals surface area contributed by atoms with Crippen molar-refractivity contribution in [3.05, 3.63) is 58.6 Å². The molecule has 1 aliphatic heterocycles. The van der Waals surface area contributed by atoms with Crippen LogP contribution in [0.3, 0.4) is 0 Å².